The highest BCUT2D eigenvalue weighted by molar-refractivity contribution is 6.11. The molecule has 0 atom stereocenters. The first-order valence-electron chi connectivity index (χ1n) is 13.1. The van der Waals surface area contributed by atoms with Gasteiger partial charge in [-0.25, -0.2) is 13.2 Å². The molecule has 0 bridgehead atoms. The normalized spacial score (nSPS) is 14.1. The Balaban J connectivity index is 1.30. The van der Waals surface area contributed by atoms with Crippen LogP contribution in [-0.2, 0) is 18.0 Å². The Morgan fingerprint density at radius 2 is 1.73 bits per heavy atom. The van der Waals surface area contributed by atoms with Crippen LogP contribution in [0.15, 0.2) is 54.6 Å². The van der Waals surface area contributed by atoms with E-state index in [4.69, 9.17) is 4.74 Å². The number of hydrogen-bond donors (Lipinski definition) is 3. The fourth-order valence-corrected chi connectivity index (χ4v) is 4.72. The summed E-state index contributed by atoms with van der Waals surface area (Å²) in [7, 11) is 2.09. The first-order chi connectivity index (χ1) is 19.4. The van der Waals surface area contributed by atoms with Crippen LogP contribution < -0.4 is 15.5 Å². The Labute approximate surface area is 230 Å². The first-order valence-corrected chi connectivity index (χ1v) is 13.1. The van der Waals surface area contributed by atoms with Gasteiger partial charge < -0.3 is 25.2 Å². The molecule has 3 N–H and O–H groups in total. The molecule has 11 heteroatoms. The Kier molecular flexibility index (Phi) is 8.51. The van der Waals surface area contributed by atoms with Crippen molar-refractivity contribution in [3.63, 3.8) is 0 Å². The SMILES string of the molecule is CN1CCN(c2ccc(C(=O)Nc3n[nH]c4ccc(COCc5cc(F)cc(F)c5)cc34)c(NCCF)c2)CC1. The van der Waals surface area contributed by atoms with Gasteiger partial charge >= 0.3 is 0 Å². The molecular formula is C29H31F3N6O2. The summed E-state index contributed by atoms with van der Waals surface area (Å²) in [4.78, 5) is 17.8. The van der Waals surface area contributed by atoms with Crippen LogP contribution in [0.2, 0.25) is 0 Å². The van der Waals surface area contributed by atoms with Crippen molar-refractivity contribution in [1.82, 2.24) is 15.1 Å². The highest BCUT2D eigenvalue weighted by Gasteiger charge is 2.19. The Bertz CT molecular complexity index is 1470. The number of rotatable bonds is 10. The predicted octanol–water partition coefficient (Wildman–Crippen LogP) is 4.94. The zero-order valence-corrected chi connectivity index (χ0v) is 22.1. The van der Waals surface area contributed by atoms with E-state index >= 15 is 0 Å². The number of aromatic nitrogens is 2. The summed E-state index contributed by atoms with van der Waals surface area (Å²) < 4.78 is 45.5. The number of ether oxygens (including phenoxy) is 1. The smallest absolute Gasteiger partial charge is 0.258 e. The number of nitrogens with one attached hydrogen (secondary N) is 3. The van der Waals surface area contributed by atoms with E-state index in [-0.39, 0.29) is 25.7 Å². The summed E-state index contributed by atoms with van der Waals surface area (Å²) in [6, 6.07) is 14.3. The van der Waals surface area contributed by atoms with Crippen molar-refractivity contribution < 1.29 is 22.7 Å². The molecule has 1 saturated heterocycles. The number of carbonyl (C=O) groups excluding carboxylic acids is 1. The van der Waals surface area contributed by atoms with Gasteiger partial charge in [-0.1, -0.05) is 6.07 Å². The number of benzene rings is 3. The van der Waals surface area contributed by atoms with E-state index in [9.17, 15) is 18.0 Å². The fourth-order valence-electron chi connectivity index (χ4n) is 4.72. The third-order valence-corrected chi connectivity index (χ3v) is 6.85. The number of aromatic amines is 1. The minimum absolute atomic E-state index is 0.0421. The molecule has 5 rings (SSSR count). The van der Waals surface area contributed by atoms with Gasteiger partial charge in [-0.2, -0.15) is 5.10 Å². The molecule has 3 aromatic carbocycles. The van der Waals surface area contributed by atoms with E-state index in [2.05, 4.69) is 37.7 Å². The summed E-state index contributed by atoms with van der Waals surface area (Å²) in [5.74, 6) is -1.35. The Morgan fingerprint density at radius 1 is 0.975 bits per heavy atom. The number of alkyl halides is 1. The Morgan fingerprint density at radius 3 is 2.48 bits per heavy atom. The van der Waals surface area contributed by atoms with Crippen LogP contribution in [0.3, 0.4) is 0 Å². The van der Waals surface area contributed by atoms with Crippen LogP contribution in [0, 0.1) is 11.6 Å². The Hall–Kier alpha value is -4.09. The number of nitrogens with zero attached hydrogens (tertiary/aromatic N) is 3. The number of halogens is 3. The first kappa shape index (κ1) is 27.5. The second-order valence-corrected chi connectivity index (χ2v) is 9.81. The zero-order valence-electron chi connectivity index (χ0n) is 22.1. The molecule has 0 radical (unpaired) electrons. The van der Waals surface area contributed by atoms with E-state index in [0.717, 1.165) is 43.5 Å². The van der Waals surface area contributed by atoms with Gasteiger partial charge in [0.05, 0.1) is 24.3 Å². The van der Waals surface area contributed by atoms with Crippen molar-refractivity contribution in [2.45, 2.75) is 13.2 Å². The largest absolute Gasteiger partial charge is 0.382 e. The molecule has 0 spiro atoms. The number of anilines is 3. The fraction of sp³-hybridized carbons (Fsp3) is 0.310. The van der Waals surface area contributed by atoms with Crippen LogP contribution in [0.25, 0.3) is 10.9 Å². The van der Waals surface area contributed by atoms with Crippen molar-refractivity contribution in [2.24, 2.45) is 0 Å². The molecule has 4 aromatic rings. The third kappa shape index (κ3) is 6.54. The van der Waals surface area contributed by atoms with Crippen LogP contribution >= 0.6 is 0 Å². The van der Waals surface area contributed by atoms with E-state index in [1.807, 2.05) is 30.3 Å². The lowest BCUT2D eigenvalue weighted by atomic mass is 10.1. The maximum absolute atomic E-state index is 13.4. The van der Waals surface area contributed by atoms with Crippen molar-refractivity contribution in [3.05, 3.63) is 82.9 Å². The second kappa shape index (κ2) is 12.4. The average Bonchev–Trinajstić information content (AvgIpc) is 3.33. The van der Waals surface area contributed by atoms with Gasteiger partial charge in [0.15, 0.2) is 5.82 Å². The van der Waals surface area contributed by atoms with Gasteiger partial charge in [-0.3, -0.25) is 9.89 Å². The molecule has 0 unspecified atom stereocenters. The molecule has 1 fully saturated rings. The third-order valence-electron chi connectivity index (χ3n) is 6.85. The molecule has 1 amide bonds. The van der Waals surface area contributed by atoms with Crippen LogP contribution in [0.5, 0.6) is 0 Å². The van der Waals surface area contributed by atoms with E-state index in [1.165, 1.54) is 12.1 Å². The molecule has 1 aliphatic rings. The molecule has 8 nitrogen and oxygen atoms in total. The van der Waals surface area contributed by atoms with Gasteiger partial charge in [0.1, 0.15) is 18.3 Å². The maximum Gasteiger partial charge on any atom is 0.258 e. The monoisotopic (exact) mass is 552 g/mol. The van der Waals surface area contributed by atoms with Gasteiger partial charge in [0.25, 0.3) is 5.91 Å². The van der Waals surface area contributed by atoms with Crippen molar-refractivity contribution in [1.29, 1.82) is 0 Å². The summed E-state index contributed by atoms with van der Waals surface area (Å²) in [6.07, 6.45) is 0. The number of amides is 1. The minimum atomic E-state index is -0.657. The van der Waals surface area contributed by atoms with Crippen LogP contribution in [0.4, 0.5) is 30.4 Å². The molecule has 210 valence electrons. The molecular weight excluding hydrogens is 521 g/mol. The van der Waals surface area contributed by atoms with Gasteiger partial charge in [-0.05, 0) is 60.6 Å². The van der Waals surface area contributed by atoms with Crippen LogP contribution in [-0.4, -0.2) is 67.5 Å². The van der Waals surface area contributed by atoms with Gasteiger partial charge in [0.2, 0.25) is 0 Å². The number of carbonyl (C=O) groups is 1. The zero-order chi connectivity index (χ0) is 28.1. The summed E-state index contributed by atoms with van der Waals surface area (Å²) >= 11 is 0. The van der Waals surface area contributed by atoms with Crippen molar-refractivity contribution >= 4 is 34.0 Å². The molecule has 40 heavy (non-hydrogen) atoms. The van der Waals surface area contributed by atoms with E-state index in [1.54, 1.807) is 6.07 Å². The summed E-state index contributed by atoms with van der Waals surface area (Å²) in [6.45, 7) is 3.38. The highest BCUT2D eigenvalue weighted by atomic mass is 19.1. The lowest BCUT2D eigenvalue weighted by Gasteiger charge is -2.34. The predicted molar refractivity (Wildman–Crippen MR) is 150 cm³/mol. The summed E-state index contributed by atoms with van der Waals surface area (Å²) in [5.41, 5.74) is 3.81. The van der Waals surface area contributed by atoms with Crippen molar-refractivity contribution in [3.8, 4) is 0 Å². The quantitative estimate of drug-likeness (QED) is 0.258. The topological polar surface area (TPSA) is 85.5 Å². The molecule has 1 aromatic heterocycles. The second-order valence-electron chi connectivity index (χ2n) is 9.81. The lowest BCUT2D eigenvalue weighted by Crippen LogP contribution is -2.44. The lowest BCUT2D eigenvalue weighted by molar-refractivity contribution is 0.102. The van der Waals surface area contributed by atoms with E-state index in [0.29, 0.717) is 33.5 Å². The van der Waals surface area contributed by atoms with Crippen molar-refractivity contribution in [2.75, 3.05) is 62.0 Å². The van der Waals surface area contributed by atoms with Crippen LogP contribution in [0.1, 0.15) is 21.5 Å². The maximum atomic E-state index is 13.4. The number of likely N-dealkylation sites (N-methyl/N-ethyl adjacent to an activating group) is 1. The number of hydrogen-bond acceptors (Lipinski definition) is 6. The highest BCUT2D eigenvalue weighted by Crippen LogP contribution is 2.28. The number of piperazine rings is 1. The van der Waals surface area contributed by atoms with E-state index < -0.39 is 18.3 Å². The standard InChI is InChI=1S/C29H31F3N6O2/c1-37-8-10-38(11-9-37)23-3-4-24(27(16-23)33-7-6-30)29(39)34-28-25-14-19(2-5-26(25)35-36-28)17-40-18-20-12-21(31)15-22(32)13-20/h2-5,12-16,33H,6-11,17-18H2,1H3,(H2,34,35,36,39). The molecule has 1 aliphatic heterocycles. The molecule has 0 aliphatic carbocycles. The molecule has 0 saturated carbocycles. The minimum Gasteiger partial charge on any atom is -0.382 e. The molecule has 2 heterocycles. The number of fused-ring (bicyclic) bond motifs is 1. The number of H-pyrrole nitrogens is 1. The van der Waals surface area contributed by atoms with Gasteiger partial charge in [-0.15, -0.1) is 0 Å². The van der Waals surface area contributed by atoms with Gasteiger partial charge in [0, 0.05) is 55.6 Å². The average molecular weight is 553 g/mol. The summed E-state index contributed by atoms with van der Waals surface area (Å²) in [5, 5.41) is 13.8.